The van der Waals surface area contributed by atoms with E-state index in [4.69, 9.17) is 11.6 Å². The molecule has 0 saturated carbocycles. The second kappa shape index (κ2) is 9.71. The smallest absolute Gasteiger partial charge is 0.256 e. The number of carbonyl (C=O) groups is 2. The number of hydrogen-bond acceptors (Lipinski definition) is 3. The zero-order valence-electron chi connectivity index (χ0n) is 18.3. The molecule has 4 rings (SSSR count). The average molecular weight is 459 g/mol. The molecular weight excluding hydrogens is 436 g/mol. The largest absolute Gasteiger partial charge is 0.345 e. The number of nitrogens with zero attached hydrogens (tertiary/aromatic N) is 3. The second-order valence-electron chi connectivity index (χ2n) is 7.79. The van der Waals surface area contributed by atoms with Crippen molar-refractivity contribution in [1.82, 2.24) is 14.7 Å². The van der Waals surface area contributed by atoms with E-state index in [1.807, 2.05) is 59.4 Å². The monoisotopic (exact) mass is 458 g/mol. The number of aromatic nitrogens is 2. The van der Waals surface area contributed by atoms with Gasteiger partial charge in [-0.1, -0.05) is 54.1 Å². The lowest BCUT2D eigenvalue weighted by molar-refractivity contribution is 0.0827. The van der Waals surface area contributed by atoms with Crippen LogP contribution in [0.5, 0.6) is 0 Å². The molecule has 1 heterocycles. The number of amides is 2. The van der Waals surface area contributed by atoms with Crippen LogP contribution in [0.25, 0.3) is 11.1 Å². The first-order chi connectivity index (χ1) is 15.9. The summed E-state index contributed by atoms with van der Waals surface area (Å²) in [7, 11) is 3.34. The molecule has 0 bridgehead atoms. The highest BCUT2D eigenvalue weighted by Gasteiger charge is 2.16. The van der Waals surface area contributed by atoms with Gasteiger partial charge in [0.1, 0.15) is 0 Å². The van der Waals surface area contributed by atoms with E-state index in [1.54, 1.807) is 44.6 Å². The Morgan fingerprint density at radius 2 is 1.76 bits per heavy atom. The van der Waals surface area contributed by atoms with E-state index in [-0.39, 0.29) is 11.8 Å². The molecule has 0 aliphatic carbocycles. The maximum absolute atomic E-state index is 13.2. The Bertz CT molecular complexity index is 1280. The normalized spacial score (nSPS) is 10.6. The Hall–Kier alpha value is -3.90. The van der Waals surface area contributed by atoms with Crippen molar-refractivity contribution in [3.8, 4) is 11.1 Å². The third kappa shape index (κ3) is 5.13. The lowest BCUT2D eigenvalue weighted by Gasteiger charge is -2.14. The highest BCUT2D eigenvalue weighted by molar-refractivity contribution is 6.34. The van der Waals surface area contributed by atoms with Crippen LogP contribution in [0.3, 0.4) is 0 Å². The number of hydrogen-bond donors (Lipinski definition) is 1. The minimum atomic E-state index is -0.303. The number of rotatable bonds is 6. The van der Waals surface area contributed by atoms with Gasteiger partial charge in [0, 0.05) is 37.6 Å². The number of halogens is 1. The van der Waals surface area contributed by atoms with E-state index in [2.05, 4.69) is 10.4 Å². The molecule has 0 spiro atoms. The molecule has 0 unspecified atom stereocenters. The van der Waals surface area contributed by atoms with Crippen LogP contribution in [-0.4, -0.2) is 40.6 Å². The topological polar surface area (TPSA) is 67.2 Å². The summed E-state index contributed by atoms with van der Waals surface area (Å²) in [4.78, 5) is 26.9. The van der Waals surface area contributed by atoms with Crippen LogP contribution >= 0.6 is 11.6 Å². The van der Waals surface area contributed by atoms with Gasteiger partial charge < -0.3 is 10.2 Å². The molecule has 0 atom stereocenters. The van der Waals surface area contributed by atoms with Gasteiger partial charge in [0.05, 0.1) is 17.3 Å². The van der Waals surface area contributed by atoms with Crippen LogP contribution in [-0.2, 0) is 6.54 Å². The SMILES string of the molecule is CN(C)C(=O)c1ccc(Cl)c(NC(=O)c2ccccc2-c2ccc(Cn3cccn3)cc2)c1. The molecule has 0 aliphatic rings. The highest BCUT2D eigenvalue weighted by Crippen LogP contribution is 2.28. The minimum absolute atomic E-state index is 0.169. The summed E-state index contributed by atoms with van der Waals surface area (Å²) in [6.07, 6.45) is 3.67. The fourth-order valence-corrected chi connectivity index (χ4v) is 3.67. The van der Waals surface area contributed by atoms with Crippen molar-refractivity contribution in [3.63, 3.8) is 0 Å². The van der Waals surface area contributed by atoms with Gasteiger partial charge in [-0.15, -0.1) is 0 Å². The van der Waals surface area contributed by atoms with Gasteiger partial charge in [-0.2, -0.15) is 5.10 Å². The predicted molar refractivity (Wildman–Crippen MR) is 131 cm³/mol. The molecular formula is C26H23ClN4O2. The molecule has 7 heteroatoms. The average Bonchev–Trinajstić information content (AvgIpc) is 3.33. The third-order valence-electron chi connectivity index (χ3n) is 5.21. The summed E-state index contributed by atoms with van der Waals surface area (Å²) in [6.45, 7) is 0.677. The van der Waals surface area contributed by atoms with E-state index in [0.717, 1.165) is 16.7 Å². The quantitative estimate of drug-likeness (QED) is 0.431. The molecule has 0 fully saturated rings. The molecule has 0 aliphatic heterocycles. The standard InChI is InChI=1S/C26H23ClN4O2/c1-30(2)26(33)20-12-13-23(27)24(16-20)29-25(32)22-7-4-3-6-21(22)19-10-8-18(9-11-19)17-31-15-5-14-28-31/h3-16H,17H2,1-2H3,(H,29,32). The van der Waals surface area contributed by atoms with Crippen molar-refractivity contribution in [2.24, 2.45) is 0 Å². The summed E-state index contributed by atoms with van der Waals surface area (Å²) < 4.78 is 1.86. The maximum Gasteiger partial charge on any atom is 0.256 e. The van der Waals surface area contributed by atoms with Crippen molar-refractivity contribution in [3.05, 3.63) is 107 Å². The van der Waals surface area contributed by atoms with Crippen LogP contribution in [0.15, 0.2) is 85.2 Å². The summed E-state index contributed by atoms with van der Waals surface area (Å²) in [5.41, 5.74) is 4.18. The van der Waals surface area contributed by atoms with Gasteiger partial charge in [0.15, 0.2) is 0 Å². The fraction of sp³-hybridized carbons (Fsp3) is 0.115. The fourth-order valence-electron chi connectivity index (χ4n) is 3.51. The minimum Gasteiger partial charge on any atom is -0.345 e. The zero-order chi connectivity index (χ0) is 23.4. The zero-order valence-corrected chi connectivity index (χ0v) is 19.1. The molecule has 33 heavy (non-hydrogen) atoms. The summed E-state index contributed by atoms with van der Waals surface area (Å²) >= 11 is 6.30. The van der Waals surface area contributed by atoms with Crippen molar-refractivity contribution in [1.29, 1.82) is 0 Å². The van der Waals surface area contributed by atoms with Crippen molar-refractivity contribution in [2.45, 2.75) is 6.54 Å². The highest BCUT2D eigenvalue weighted by atomic mass is 35.5. The molecule has 4 aromatic rings. The Balaban J connectivity index is 1.58. The second-order valence-corrected chi connectivity index (χ2v) is 8.20. The maximum atomic E-state index is 13.2. The Morgan fingerprint density at radius 1 is 1.00 bits per heavy atom. The first kappa shape index (κ1) is 22.3. The number of carbonyl (C=O) groups excluding carboxylic acids is 2. The molecule has 1 N–H and O–H groups in total. The van der Waals surface area contributed by atoms with Gasteiger partial charge >= 0.3 is 0 Å². The van der Waals surface area contributed by atoms with Gasteiger partial charge in [0.2, 0.25) is 0 Å². The van der Waals surface area contributed by atoms with Crippen LogP contribution in [0.1, 0.15) is 26.3 Å². The Labute approximate surface area is 197 Å². The van der Waals surface area contributed by atoms with Crippen LogP contribution in [0.4, 0.5) is 5.69 Å². The van der Waals surface area contributed by atoms with Crippen LogP contribution in [0.2, 0.25) is 5.02 Å². The Morgan fingerprint density at radius 3 is 2.45 bits per heavy atom. The van der Waals surface area contributed by atoms with Crippen LogP contribution in [0, 0.1) is 0 Å². The molecule has 3 aromatic carbocycles. The molecule has 0 saturated heterocycles. The van der Waals surface area contributed by atoms with Gasteiger partial charge in [0.25, 0.3) is 11.8 Å². The molecule has 1 aromatic heterocycles. The van der Waals surface area contributed by atoms with Crippen LogP contribution < -0.4 is 5.32 Å². The lowest BCUT2D eigenvalue weighted by Crippen LogP contribution is -2.22. The van der Waals surface area contributed by atoms with Gasteiger partial charge in [-0.05, 0) is 47.0 Å². The van der Waals surface area contributed by atoms with E-state index in [1.165, 1.54) is 4.90 Å². The number of anilines is 1. The molecule has 2 amide bonds. The third-order valence-corrected chi connectivity index (χ3v) is 5.54. The first-order valence-corrected chi connectivity index (χ1v) is 10.8. The van der Waals surface area contributed by atoms with Gasteiger partial charge in [-0.3, -0.25) is 14.3 Å². The predicted octanol–water partition coefficient (Wildman–Crippen LogP) is 5.21. The van der Waals surface area contributed by atoms with Crippen molar-refractivity contribution >= 4 is 29.1 Å². The lowest BCUT2D eigenvalue weighted by atomic mass is 9.98. The summed E-state index contributed by atoms with van der Waals surface area (Å²) in [5.74, 6) is -0.472. The van der Waals surface area contributed by atoms with Crippen molar-refractivity contribution in [2.75, 3.05) is 19.4 Å². The number of nitrogens with one attached hydrogen (secondary N) is 1. The Kier molecular flexibility index (Phi) is 6.56. The molecule has 0 radical (unpaired) electrons. The van der Waals surface area contributed by atoms with Gasteiger partial charge in [-0.25, -0.2) is 0 Å². The number of benzene rings is 3. The van der Waals surface area contributed by atoms with E-state index in [9.17, 15) is 9.59 Å². The summed E-state index contributed by atoms with van der Waals surface area (Å²) in [5, 5.41) is 7.45. The summed E-state index contributed by atoms with van der Waals surface area (Å²) in [6, 6.07) is 22.2. The van der Waals surface area contributed by atoms with E-state index < -0.39 is 0 Å². The molecule has 166 valence electrons. The first-order valence-electron chi connectivity index (χ1n) is 10.4. The van der Waals surface area contributed by atoms with Crippen molar-refractivity contribution < 1.29 is 9.59 Å². The molecule has 6 nitrogen and oxygen atoms in total. The van der Waals surface area contributed by atoms with E-state index in [0.29, 0.717) is 28.4 Å². The van der Waals surface area contributed by atoms with E-state index >= 15 is 0 Å².